The summed E-state index contributed by atoms with van der Waals surface area (Å²) in [5, 5.41) is 12.6. The maximum atomic E-state index is 15.6. The van der Waals surface area contributed by atoms with Crippen LogP contribution in [-0.4, -0.2) is 68.3 Å². The van der Waals surface area contributed by atoms with Gasteiger partial charge in [0, 0.05) is 36.2 Å². The van der Waals surface area contributed by atoms with E-state index in [9.17, 15) is 23.1 Å². The fourth-order valence-corrected chi connectivity index (χ4v) is 4.39. The number of fused-ring (bicyclic) bond motifs is 1. The van der Waals surface area contributed by atoms with Crippen LogP contribution in [0.4, 0.5) is 27.6 Å². The monoisotopic (exact) mass is 520 g/mol. The lowest BCUT2D eigenvalue weighted by Crippen LogP contribution is -2.53. The van der Waals surface area contributed by atoms with E-state index >= 15 is 8.78 Å². The average molecular weight is 520 g/mol. The molecule has 196 valence electrons. The summed E-state index contributed by atoms with van der Waals surface area (Å²) in [4.78, 5) is 15.3. The molecule has 4 rings (SSSR count). The quantitative estimate of drug-likeness (QED) is 0.229. The molecule has 0 amide bonds. The number of rotatable bonds is 8. The second-order valence-corrected chi connectivity index (χ2v) is 8.35. The van der Waals surface area contributed by atoms with Crippen molar-refractivity contribution in [2.24, 2.45) is 5.11 Å². The first-order valence-electron chi connectivity index (χ1n) is 10.9. The third kappa shape index (κ3) is 5.19. The molecule has 1 spiro atoms. The third-order valence-corrected chi connectivity index (χ3v) is 6.02. The predicted octanol–water partition coefficient (Wildman–Crippen LogP) is 4.82. The summed E-state index contributed by atoms with van der Waals surface area (Å²) in [5.74, 6) is -7.37. The van der Waals surface area contributed by atoms with Crippen molar-refractivity contribution < 1.29 is 50.5 Å². The molecule has 2 aromatic rings. The smallest absolute Gasteiger partial charge is 0.416 e. The van der Waals surface area contributed by atoms with E-state index in [2.05, 4.69) is 10.0 Å². The van der Waals surface area contributed by atoms with Gasteiger partial charge in [0.1, 0.15) is 11.7 Å². The molecule has 2 aliphatic rings. The van der Waals surface area contributed by atoms with E-state index in [1.54, 1.807) is 0 Å². The standard InChI is InChI=1S/C21H21F5N4O6/c22-20(23,15-10-19(3-6-33-15)34-7-8-35-19)11-30(5-4-28-29-27)16-13-9-12(21(24,25)26)1-2-14(13)36-17(16)18(31)32/h1-2,9,15H,3-8,10-11H2,(H,31,32). The number of ether oxygens (including phenoxy) is 3. The Hall–Kier alpha value is -3.13. The molecule has 2 fully saturated rings. The summed E-state index contributed by atoms with van der Waals surface area (Å²) in [6.07, 6.45) is -6.53. The number of hydrogen-bond donors (Lipinski definition) is 1. The lowest BCUT2D eigenvalue weighted by atomic mass is 9.97. The van der Waals surface area contributed by atoms with Crippen molar-refractivity contribution in [1.29, 1.82) is 0 Å². The number of hydrogen-bond acceptors (Lipinski definition) is 7. The zero-order chi connectivity index (χ0) is 26.1. The molecule has 0 saturated carbocycles. The largest absolute Gasteiger partial charge is 0.475 e. The van der Waals surface area contributed by atoms with Crippen molar-refractivity contribution >= 4 is 22.6 Å². The molecule has 3 heterocycles. The molecule has 1 N–H and O–H groups in total. The van der Waals surface area contributed by atoms with Gasteiger partial charge in [0.05, 0.1) is 37.6 Å². The van der Waals surface area contributed by atoms with Gasteiger partial charge in [-0.05, 0) is 23.7 Å². The van der Waals surface area contributed by atoms with E-state index in [1.165, 1.54) is 0 Å². The van der Waals surface area contributed by atoms with Gasteiger partial charge in [-0.25, -0.2) is 13.6 Å². The molecule has 0 radical (unpaired) electrons. The van der Waals surface area contributed by atoms with E-state index in [1.807, 2.05) is 0 Å². The molecule has 1 aromatic heterocycles. The molecule has 36 heavy (non-hydrogen) atoms. The van der Waals surface area contributed by atoms with Crippen LogP contribution in [0.2, 0.25) is 0 Å². The first-order chi connectivity index (χ1) is 17.0. The Bertz CT molecular complexity index is 1170. The molecule has 2 saturated heterocycles. The zero-order valence-corrected chi connectivity index (χ0v) is 18.6. The van der Waals surface area contributed by atoms with Crippen LogP contribution in [0.15, 0.2) is 27.7 Å². The second kappa shape index (κ2) is 9.73. The summed E-state index contributed by atoms with van der Waals surface area (Å²) < 4.78 is 92.7. The van der Waals surface area contributed by atoms with Gasteiger partial charge in [-0.3, -0.25) is 0 Å². The number of halogens is 5. The highest BCUT2D eigenvalue weighted by Gasteiger charge is 2.52. The third-order valence-electron chi connectivity index (χ3n) is 6.02. The minimum atomic E-state index is -4.78. The fourth-order valence-electron chi connectivity index (χ4n) is 4.39. The van der Waals surface area contributed by atoms with Gasteiger partial charge in [-0.2, -0.15) is 13.2 Å². The van der Waals surface area contributed by atoms with Crippen molar-refractivity contribution in [3.8, 4) is 0 Å². The summed E-state index contributed by atoms with van der Waals surface area (Å²) >= 11 is 0. The fraction of sp³-hybridized carbons (Fsp3) is 0.571. The number of carboxylic acids is 1. The van der Waals surface area contributed by atoms with Crippen molar-refractivity contribution in [3.05, 3.63) is 40.0 Å². The van der Waals surface area contributed by atoms with Gasteiger partial charge >= 0.3 is 12.1 Å². The van der Waals surface area contributed by atoms with Gasteiger partial charge in [0.25, 0.3) is 5.92 Å². The molecule has 15 heteroatoms. The number of nitrogens with zero attached hydrogens (tertiary/aromatic N) is 4. The van der Waals surface area contributed by atoms with Crippen molar-refractivity contribution in [3.63, 3.8) is 0 Å². The van der Waals surface area contributed by atoms with Gasteiger partial charge < -0.3 is 28.6 Å². The normalized spacial score (nSPS) is 20.0. The molecule has 1 atom stereocenters. The van der Waals surface area contributed by atoms with Crippen LogP contribution in [-0.2, 0) is 20.4 Å². The Labute approximate surface area is 200 Å². The van der Waals surface area contributed by atoms with E-state index in [-0.39, 0.29) is 50.2 Å². The Morgan fingerprint density at radius 2 is 1.94 bits per heavy atom. The highest BCUT2D eigenvalue weighted by molar-refractivity contribution is 6.04. The number of carboxylic acid groups (broad SMARTS) is 1. The van der Waals surface area contributed by atoms with Crippen molar-refractivity contribution in [2.75, 3.05) is 44.4 Å². The van der Waals surface area contributed by atoms with Crippen LogP contribution in [0, 0.1) is 0 Å². The van der Waals surface area contributed by atoms with E-state index in [0.717, 1.165) is 11.0 Å². The summed E-state index contributed by atoms with van der Waals surface area (Å²) in [7, 11) is 0. The van der Waals surface area contributed by atoms with E-state index < -0.39 is 60.1 Å². The molecule has 1 unspecified atom stereocenters. The highest BCUT2D eigenvalue weighted by atomic mass is 19.4. The minimum absolute atomic E-state index is 0.0804. The lowest BCUT2D eigenvalue weighted by Gasteiger charge is -2.40. The number of furan rings is 1. The molecular formula is C21H21F5N4O6. The first-order valence-corrected chi connectivity index (χ1v) is 10.9. The van der Waals surface area contributed by atoms with Gasteiger partial charge in [0.2, 0.25) is 5.76 Å². The number of anilines is 1. The van der Waals surface area contributed by atoms with Crippen LogP contribution in [0.1, 0.15) is 29.0 Å². The number of benzene rings is 1. The first kappa shape index (κ1) is 25.9. The number of aromatic carboxylic acids is 1. The molecule has 0 bridgehead atoms. The maximum Gasteiger partial charge on any atom is 0.416 e. The van der Waals surface area contributed by atoms with Crippen molar-refractivity contribution in [2.45, 2.75) is 36.8 Å². The Kier molecular flexibility index (Phi) is 7.01. The minimum Gasteiger partial charge on any atom is -0.475 e. The summed E-state index contributed by atoms with van der Waals surface area (Å²) in [5.41, 5.74) is 6.76. The number of alkyl halides is 5. The highest BCUT2D eigenvalue weighted by Crippen LogP contribution is 2.42. The SMILES string of the molecule is [N-]=[N+]=NCCN(CC(F)(F)C1CC2(CCO1)OCCO2)c1c(C(=O)O)oc2ccc(C(F)(F)F)cc12. The van der Waals surface area contributed by atoms with Crippen LogP contribution >= 0.6 is 0 Å². The molecule has 0 aliphatic carbocycles. The molecular weight excluding hydrogens is 499 g/mol. The lowest BCUT2D eigenvalue weighted by molar-refractivity contribution is -0.255. The number of carbonyl (C=O) groups is 1. The van der Waals surface area contributed by atoms with E-state index in [0.29, 0.717) is 12.1 Å². The van der Waals surface area contributed by atoms with Gasteiger partial charge in [-0.15, -0.1) is 0 Å². The second-order valence-electron chi connectivity index (χ2n) is 8.35. The summed E-state index contributed by atoms with van der Waals surface area (Å²) in [6, 6.07) is 2.24. The van der Waals surface area contributed by atoms with Crippen LogP contribution in [0.25, 0.3) is 21.4 Å². The predicted molar refractivity (Wildman–Crippen MR) is 113 cm³/mol. The van der Waals surface area contributed by atoms with Gasteiger partial charge in [0.15, 0.2) is 5.79 Å². The zero-order valence-electron chi connectivity index (χ0n) is 18.6. The van der Waals surface area contributed by atoms with Gasteiger partial charge in [-0.1, -0.05) is 5.11 Å². The van der Waals surface area contributed by atoms with Crippen LogP contribution in [0.3, 0.4) is 0 Å². The summed E-state index contributed by atoms with van der Waals surface area (Å²) in [6.45, 7) is -1.58. The maximum absolute atomic E-state index is 15.6. The van der Waals surface area contributed by atoms with Crippen LogP contribution in [0.5, 0.6) is 0 Å². The van der Waals surface area contributed by atoms with E-state index in [4.69, 9.17) is 24.2 Å². The Morgan fingerprint density at radius 3 is 2.58 bits per heavy atom. The van der Waals surface area contributed by atoms with Crippen molar-refractivity contribution in [1.82, 2.24) is 0 Å². The van der Waals surface area contributed by atoms with Crippen LogP contribution < -0.4 is 4.90 Å². The number of azide groups is 1. The molecule has 2 aliphatic heterocycles. The molecule has 1 aromatic carbocycles. The average Bonchev–Trinajstić information content (AvgIpc) is 3.42. The topological polar surface area (TPSA) is 130 Å². The Morgan fingerprint density at radius 1 is 1.22 bits per heavy atom. The Balaban J connectivity index is 1.74. The molecule has 10 nitrogen and oxygen atoms in total.